The number of alkyl halides is 1. The molecule has 0 amide bonds. The van der Waals surface area contributed by atoms with Crippen molar-refractivity contribution in [3.63, 3.8) is 0 Å². The molecular weight excluding hydrogens is 194 g/mol. The molecule has 1 aromatic carbocycles. The van der Waals surface area contributed by atoms with Gasteiger partial charge in [0.1, 0.15) is 0 Å². The molecule has 5 heteroatoms. The summed E-state index contributed by atoms with van der Waals surface area (Å²) in [7, 11) is 0. The Bertz CT molecular complexity index is 327. The van der Waals surface area contributed by atoms with Gasteiger partial charge in [-0.3, -0.25) is 10.1 Å². The van der Waals surface area contributed by atoms with Crippen LogP contribution in [-0.4, -0.2) is 11.0 Å². The van der Waals surface area contributed by atoms with Crippen LogP contribution in [0.5, 0.6) is 5.75 Å². The standard InChI is InChI=1S/C8H8ClNO3/c1-6-3-2-4-7(13-5-9)8(6)10(11)12/h2-4H,5H2,1H3. The van der Waals surface area contributed by atoms with Crippen LogP contribution in [0.25, 0.3) is 0 Å². The first-order valence-corrected chi connectivity index (χ1v) is 4.13. The first-order chi connectivity index (χ1) is 6.16. The lowest BCUT2D eigenvalue weighted by Crippen LogP contribution is -1.97. The Morgan fingerprint density at radius 3 is 2.85 bits per heavy atom. The van der Waals surface area contributed by atoms with E-state index in [0.717, 1.165) is 0 Å². The van der Waals surface area contributed by atoms with Crippen LogP contribution >= 0.6 is 11.6 Å². The molecule has 0 aromatic heterocycles. The van der Waals surface area contributed by atoms with E-state index in [9.17, 15) is 10.1 Å². The zero-order chi connectivity index (χ0) is 9.84. The van der Waals surface area contributed by atoms with Gasteiger partial charge < -0.3 is 4.74 Å². The summed E-state index contributed by atoms with van der Waals surface area (Å²) >= 11 is 5.32. The molecule has 0 radical (unpaired) electrons. The first kappa shape index (κ1) is 9.80. The normalized spacial score (nSPS) is 9.69. The van der Waals surface area contributed by atoms with Crippen molar-refractivity contribution in [2.24, 2.45) is 0 Å². The first-order valence-electron chi connectivity index (χ1n) is 3.59. The summed E-state index contributed by atoms with van der Waals surface area (Å²) in [6, 6.07) is 4.77. The van der Waals surface area contributed by atoms with Crippen LogP contribution in [-0.2, 0) is 0 Å². The molecule has 0 unspecified atom stereocenters. The average molecular weight is 202 g/mol. The van der Waals surface area contributed by atoms with E-state index in [-0.39, 0.29) is 17.5 Å². The van der Waals surface area contributed by atoms with Crippen molar-refractivity contribution < 1.29 is 9.66 Å². The summed E-state index contributed by atoms with van der Waals surface area (Å²) in [5.41, 5.74) is 0.538. The molecule has 0 atom stereocenters. The number of rotatable bonds is 3. The van der Waals surface area contributed by atoms with Crippen molar-refractivity contribution in [3.05, 3.63) is 33.9 Å². The third-order valence-electron chi connectivity index (χ3n) is 1.59. The number of nitro benzene ring substituents is 1. The van der Waals surface area contributed by atoms with Crippen LogP contribution < -0.4 is 4.74 Å². The van der Waals surface area contributed by atoms with Gasteiger partial charge in [-0.25, -0.2) is 0 Å². The van der Waals surface area contributed by atoms with Gasteiger partial charge in [-0.15, -0.1) is 0 Å². The van der Waals surface area contributed by atoms with Crippen molar-refractivity contribution in [3.8, 4) is 5.75 Å². The third-order valence-corrected chi connectivity index (χ3v) is 1.70. The summed E-state index contributed by atoms with van der Waals surface area (Å²) in [4.78, 5) is 10.1. The SMILES string of the molecule is Cc1cccc(OCCl)c1[N+](=O)[O-]. The van der Waals surface area contributed by atoms with E-state index in [2.05, 4.69) is 0 Å². The minimum atomic E-state index is -0.475. The number of halogens is 1. The molecule has 0 saturated heterocycles. The van der Waals surface area contributed by atoms with E-state index >= 15 is 0 Å². The molecule has 70 valence electrons. The number of nitro groups is 1. The van der Waals surface area contributed by atoms with E-state index in [1.54, 1.807) is 19.1 Å². The van der Waals surface area contributed by atoms with E-state index in [1.807, 2.05) is 0 Å². The van der Waals surface area contributed by atoms with E-state index < -0.39 is 4.92 Å². The maximum Gasteiger partial charge on any atom is 0.313 e. The van der Waals surface area contributed by atoms with E-state index in [0.29, 0.717) is 5.56 Å². The highest BCUT2D eigenvalue weighted by Crippen LogP contribution is 2.29. The van der Waals surface area contributed by atoms with Gasteiger partial charge in [0.25, 0.3) is 0 Å². The van der Waals surface area contributed by atoms with Crippen molar-refractivity contribution in [2.45, 2.75) is 6.92 Å². The molecule has 0 N–H and O–H groups in total. The Kier molecular flexibility index (Phi) is 3.08. The van der Waals surface area contributed by atoms with Crippen LogP contribution in [0.4, 0.5) is 5.69 Å². The Hall–Kier alpha value is -1.29. The molecule has 1 aromatic rings. The number of ether oxygens (including phenoxy) is 1. The second-order valence-corrected chi connectivity index (χ2v) is 2.65. The highest BCUT2D eigenvalue weighted by molar-refractivity contribution is 6.17. The Labute approximate surface area is 80.2 Å². The molecule has 1 rings (SSSR count). The Balaban J connectivity index is 3.17. The summed E-state index contributed by atoms with van der Waals surface area (Å²) in [5, 5.41) is 10.6. The number of aryl methyl sites for hydroxylation is 1. The van der Waals surface area contributed by atoms with Crippen molar-refractivity contribution >= 4 is 17.3 Å². The fourth-order valence-corrected chi connectivity index (χ4v) is 1.16. The maximum absolute atomic E-state index is 10.6. The number of nitrogens with zero attached hydrogens (tertiary/aromatic N) is 1. The third kappa shape index (κ3) is 2.09. The van der Waals surface area contributed by atoms with Crippen LogP contribution in [0.15, 0.2) is 18.2 Å². The molecule has 0 aliphatic carbocycles. The quantitative estimate of drug-likeness (QED) is 0.429. The van der Waals surface area contributed by atoms with Gasteiger partial charge in [-0.1, -0.05) is 23.7 Å². The van der Waals surface area contributed by atoms with Gasteiger partial charge in [-0.2, -0.15) is 0 Å². The number of hydrogen-bond acceptors (Lipinski definition) is 3. The summed E-state index contributed by atoms with van der Waals surface area (Å²) in [6.07, 6.45) is 0. The molecular formula is C8H8ClNO3. The average Bonchev–Trinajstić information content (AvgIpc) is 2.04. The predicted molar refractivity (Wildman–Crippen MR) is 49.2 cm³/mol. The Morgan fingerprint density at radius 2 is 2.31 bits per heavy atom. The minimum absolute atomic E-state index is 0.0249. The zero-order valence-electron chi connectivity index (χ0n) is 6.99. The zero-order valence-corrected chi connectivity index (χ0v) is 7.75. The fraction of sp³-hybridized carbons (Fsp3) is 0.250. The minimum Gasteiger partial charge on any atom is -0.471 e. The largest absolute Gasteiger partial charge is 0.471 e. The van der Waals surface area contributed by atoms with E-state index in [4.69, 9.17) is 16.3 Å². The van der Waals surface area contributed by atoms with Crippen molar-refractivity contribution in [1.82, 2.24) is 0 Å². The van der Waals surface area contributed by atoms with Crippen LogP contribution in [0.2, 0.25) is 0 Å². The highest BCUT2D eigenvalue weighted by Gasteiger charge is 2.17. The van der Waals surface area contributed by atoms with Gasteiger partial charge in [0.2, 0.25) is 0 Å². The van der Waals surface area contributed by atoms with Gasteiger partial charge in [0, 0.05) is 5.56 Å². The van der Waals surface area contributed by atoms with Crippen molar-refractivity contribution in [2.75, 3.05) is 6.07 Å². The number of hydrogen-bond donors (Lipinski definition) is 0. The van der Waals surface area contributed by atoms with Gasteiger partial charge in [0.15, 0.2) is 11.8 Å². The Morgan fingerprint density at radius 1 is 1.62 bits per heavy atom. The van der Waals surface area contributed by atoms with Gasteiger partial charge in [0.05, 0.1) is 4.92 Å². The molecule has 13 heavy (non-hydrogen) atoms. The summed E-state index contributed by atoms with van der Waals surface area (Å²) in [5.74, 6) is 0.208. The topological polar surface area (TPSA) is 52.4 Å². The monoisotopic (exact) mass is 201 g/mol. The molecule has 0 bridgehead atoms. The van der Waals surface area contributed by atoms with Crippen LogP contribution in [0, 0.1) is 17.0 Å². The molecule has 4 nitrogen and oxygen atoms in total. The predicted octanol–water partition coefficient (Wildman–Crippen LogP) is 2.48. The summed E-state index contributed by atoms with van der Waals surface area (Å²) in [6.45, 7) is 1.65. The second kappa shape index (κ2) is 4.09. The smallest absolute Gasteiger partial charge is 0.313 e. The lowest BCUT2D eigenvalue weighted by Gasteiger charge is -2.04. The molecule has 0 aliphatic heterocycles. The maximum atomic E-state index is 10.6. The van der Waals surface area contributed by atoms with Crippen LogP contribution in [0.3, 0.4) is 0 Å². The fourth-order valence-electron chi connectivity index (χ4n) is 1.04. The number of para-hydroxylation sites is 1. The molecule has 0 aliphatic rings. The van der Waals surface area contributed by atoms with Crippen LogP contribution in [0.1, 0.15) is 5.56 Å². The highest BCUT2D eigenvalue weighted by atomic mass is 35.5. The lowest BCUT2D eigenvalue weighted by molar-refractivity contribution is -0.386. The molecule has 0 fully saturated rings. The van der Waals surface area contributed by atoms with E-state index in [1.165, 1.54) is 6.07 Å². The van der Waals surface area contributed by atoms with Gasteiger partial charge >= 0.3 is 5.69 Å². The molecule has 0 spiro atoms. The summed E-state index contributed by atoms with van der Waals surface area (Å²) < 4.78 is 4.90. The van der Waals surface area contributed by atoms with Crippen molar-refractivity contribution in [1.29, 1.82) is 0 Å². The van der Waals surface area contributed by atoms with Gasteiger partial charge in [-0.05, 0) is 13.0 Å². The second-order valence-electron chi connectivity index (χ2n) is 2.43. The number of benzene rings is 1. The lowest BCUT2D eigenvalue weighted by atomic mass is 10.2. The molecule has 0 saturated carbocycles. The molecule has 0 heterocycles.